The number of carbonyl (C=O) groups is 2. The van der Waals surface area contributed by atoms with Crippen molar-refractivity contribution in [2.75, 3.05) is 13.2 Å². The van der Waals surface area contributed by atoms with Crippen LogP contribution in [-0.2, 0) is 15.9 Å². The third-order valence-corrected chi connectivity index (χ3v) is 5.00. The third-order valence-electron chi connectivity index (χ3n) is 5.00. The summed E-state index contributed by atoms with van der Waals surface area (Å²) in [6.07, 6.45) is 9.83. The van der Waals surface area contributed by atoms with Crippen molar-refractivity contribution in [3.05, 3.63) is 71.3 Å². The van der Waals surface area contributed by atoms with E-state index < -0.39 is 5.97 Å². The molecule has 4 heteroatoms. The minimum Gasteiger partial charge on any atom is -0.462 e. The second kappa shape index (κ2) is 14.4. The van der Waals surface area contributed by atoms with E-state index in [-0.39, 0.29) is 5.97 Å². The van der Waals surface area contributed by atoms with E-state index in [0.29, 0.717) is 24.3 Å². The summed E-state index contributed by atoms with van der Waals surface area (Å²) in [5.74, 6) is -0.801. The van der Waals surface area contributed by atoms with E-state index in [1.54, 1.807) is 24.3 Å². The van der Waals surface area contributed by atoms with Gasteiger partial charge in [0, 0.05) is 0 Å². The van der Waals surface area contributed by atoms with Gasteiger partial charge in [-0.05, 0) is 43.0 Å². The molecule has 0 fully saturated rings. The molecule has 0 bridgehead atoms. The summed E-state index contributed by atoms with van der Waals surface area (Å²) in [5.41, 5.74) is 1.98. The first-order valence-corrected chi connectivity index (χ1v) is 11.2. The van der Waals surface area contributed by atoms with Crippen LogP contribution in [0.1, 0.15) is 84.6 Å². The van der Waals surface area contributed by atoms with Crippen LogP contribution in [0.4, 0.5) is 0 Å². The van der Waals surface area contributed by atoms with Crippen LogP contribution in [0.5, 0.6) is 0 Å². The topological polar surface area (TPSA) is 52.6 Å². The Morgan fingerprint density at radius 3 is 1.87 bits per heavy atom. The summed E-state index contributed by atoms with van der Waals surface area (Å²) >= 11 is 0. The Kier molecular flexibility index (Phi) is 11.3. The molecule has 0 saturated carbocycles. The fourth-order valence-corrected chi connectivity index (χ4v) is 3.25. The van der Waals surface area contributed by atoms with Crippen LogP contribution in [0.15, 0.2) is 54.6 Å². The molecular weight excluding hydrogens is 376 g/mol. The van der Waals surface area contributed by atoms with Crippen LogP contribution >= 0.6 is 0 Å². The van der Waals surface area contributed by atoms with Gasteiger partial charge in [-0.3, -0.25) is 0 Å². The molecule has 30 heavy (non-hydrogen) atoms. The van der Waals surface area contributed by atoms with Gasteiger partial charge in [-0.1, -0.05) is 81.8 Å². The smallest absolute Gasteiger partial charge is 0.338 e. The molecule has 0 radical (unpaired) electrons. The zero-order chi connectivity index (χ0) is 21.4. The van der Waals surface area contributed by atoms with Crippen LogP contribution < -0.4 is 0 Å². The maximum atomic E-state index is 12.3. The predicted octanol–water partition coefficient (Wildman–Crippen LogP) is 6.38. The molecule has 0 aliphatic carbocycles. The van der Waals surface area contributed by atoms with Gasteiger partial charge in [-0.15, -0.1) is 0 Å². The lowest BCUT2D eigenvalue weighted by atomic mass is 10.1. The number of ether oxygens (including phenoxy) is 2. The Balaban J connectivity index is 1.67. The Bertz CT molecular complexity index is 755. The molecule has 0 aromatic heterocycles. The van der Waals surface area contributed by atoms with Crippen LogP contribution in [0, 0.1) is 0 Å². The first-order chi connectivity index (χ1) is 14.7. The number of carbonyl (C=O) groups excluding carboxylic acids is 2. The second-order valence-electron chi connectivity index (χ2n) is 7.56. The third kappa shape index (κ3) is 9.25. The quantitative estimate of drug-likeness (QED) is 0.268. The monoisotopic (exact) mass is 410 g/mol. The zero-order valence-electron chi connectivity index (χ0n) is 18.1. The SMILES string of the molecule is CCCCCCCCCOC(=O)c1cccc(C(=O)OCCCc2ccccc2)c1. The highest BCUT2D eigenvalue weighted by atomic mass is 16.5. The standard InChI is InChI=1S/C26H34O4/c1-2-3-4-5-6-7-11-19-29-25(27)23-17-12-18-24(21-23)26(28)30-20-13-16-22-14-9-8-10-15-22/h8-10,12,14-15,17-18,21H,2-7,11,13,16,19-20H2,1H3. The zero-order valence-corrected chi connectivity index (χ0v) is 18.1. The number of hydrogen-bond donors (Lipinski definition) is 0. The van der Waals surface area contributed by atoms with E-state index >= 15 is 0 Å². The maximum absolute atomic E-state index is 12.3. The van der Waals surface area contributed by atoms with Gasteiger partial charge >= 0.3 is 11.9 Å². The maximum Gasteiger partial charge on any atom is 0.338 e. The van der Waals surface area contributed by atoms with E-state index in [1.807, 2.05) is 18.2 Å². The molecular formula is C26H34O4. The molecule has 0 atom stereocenters. The summed E-state index contributed by atoms with van der Waals surface area (Å²) in [6.45, 7) is 2.97. The van der Waals surface area contributed by atoms with Gasteiger partial charge in [0.25, 0.3) is 0 Å². The lowest BCUT2D eigenvalue weighted by Crippen LogP contribution is -2.10. The molecule has 0 amide bonds. The van der Waals surface area contributed by atoms with Gasteiger partial charge in [0.05, 0.1) is 24.3 Å². The van der Waals surface area contributed by atoms with E-state index in [2.05, 4.69) is 19.1 Å². The van der Waals surface area contributed by atoms with Crippen molar-refractivity contribution in [1.82, 2.24) is 0 Å². The van der Waals surface area contributed by atoms with Gasteiger partial charge in [0.1, 0.15) is 0 Å². The van der Waals surface area contributed by atoms with Crippen molar-refractivity contribution in [2.45, 2.75) is 64.7 Å². The first-order valence-electron chi connectivity index (χ1n) is 11.2. The summed E-state index contributed by atoms with van der Waals surface area (Å²) in [7, 11) is 0. The van der Waals surface area contributed by atoms with Crippen molar-refractivity contribution in [2.24, 2.45) is 0 Å². The van der Waals surface area contributed by atoms with E-state index in [0.717, 1.165) is 25.7 Å². The fourth-order valence-electron chi connectivity index (χ4n) is 3.25. The Morgan fingerprint density at radius 2 is 1.23 bits per heavy atom. The van der Waals surface area contributed by atoms with E-state index in [1.165, 1.54) is 37.7 Å². The molecule has 2 aromatic rings. The summed E-state index contributed by atoms with van der Waals surface area (Å²) in [4.78, 5) is 24.5. The number of unbranched alkanes of at least 4 members (excludes halogenated alkanes) is 6. The van der Waals surface area contributed by atoms with Crippen molar-refractivity contribution in [1.29, 1.82) is 0 Å². The van der Waals surface area contributed by atoms with E-state index in [9.17, 15) is 9.59 Å². The molecule has 2 rings (SSSR count). The predicted molar refractivity (Wildman–Crippen MR) is 120 cm³/mol. The largest absolute Gasteiger partial charge is 0.462 e. The number of hydrogen-bond acceptors (Lipinski definition) is 4. The molecule has 162 valence electrons. The summed E-state index contributed by atoms with van der Waals surface area (Å²) < 4.78 is 10.7. The normalized spacial score (nSPS) is 10.6. The van der Waals surface area contributed by atoms with Crippen LogP contribution in [0.2, 0.25) is 0 Å². The molecule has 0 saturated heterocycles. The van der Waals surface area contributed by atoms with Gasteiger partial charge in [-0.2, -0.15) is 0 Å². The van der Waals surface area contributed by atoms with E-state index in [4.69, 9.17) is 9.47 Å². The molecule has 0 aliphatic heterocycles. The molecule has 0 aliphatic rings. The average molecular weight is 411 g/mol. The van der Waals surface area contributed by atoms with Crippen molar-refractivity contribution < 1.29 is 19.1 Å². The highest BCUT2D eigenvalue weighted by molar-refractivity contribution is 5.95. The highest BCUT2D eigenvalue weighted by Gasteiger charge is 2.12. The molecule has 4 nitrogen and oxygen atoms in total. The molecule has 0 spiro atoms. The average Bonchev–Trinajstić information content (AvgIpc) is 2.79. The minimum absolute atomic E-state index is 0.348. The second-order valence-corrected chi connectivity index (χ2v) is 7.56. The van der Waals surface area contributed by atoms with Crippen molar-refractivity contribution >= 4 is 11.9 Å². The summed E-state index contributed by atoms with van der Waals surface area (Å²) in [6, 6.07) is 16.7. The van der Waals surface area contributed by atoms with Gasteiger partial charge < -0.3 is 9.47 Å². The Hall–Kier alpha value is -2.62. The molecule has 0 heterocycles. The Morgan fingerprint density at radius 1 is 0.667 bits per heavy atom. The molecule has 0 N–H and O–H groups in total. The van der Waals surface area contributed by atoms with Gasteiger partial charge in [0.15, 0.2) is 0 Å². The first kappa shape index (κ1) is 23.7. The van der Waals surface area contributed by atoms with Crippen LogP contribution in [-0.4, -0.2) is 25.2 Å². The number of rotatable bonds is 14. The van der Waals surface area contributed by atoms with Crippen LogP contribution in [0.25, 0.3) is 0 Å². The molecule has 2 aromatic carbocycles. The van der Waals surface area contributed by atoms with Gasteiger partial charge in [-0.25, -0.2) is 9.59 Å². The Labute approximate surface area is 180 Å². The van der Waals surface area contributed by atoms with Crippen LogP contribution in [0.3, 0.4) is 0 Å². The van der Waals surface area contributed by atoms with Crippen molar-refractivity contribution in [3.63, 3.8) is 0 Å². The number of esters is 2. The van der Waals surface area contributed by atoms with Crippen molar-refractivity contribution in [3.8, 4) is 0 Å². The highest BCUT2D eigenvalue weighted by Crippen LogP contribution is 2.11. The minimum atomic E-state index is -0.412. The fraction of sp³-hybridized carbons (Fsp3) is 0.462. The summed E-state index contributed by atoms with van der Waals surface area (Å²) in [5, 5.41) is 0. The molecule has 0 unspecified atom stereocenters. The lowest BCUT2D eigenvalue weighted by molar-refractivity contribution is 0.0497. The van der Waals surface area contributed by atoms with Gasteiger partial charge in [0.2, 0.25) is 0 Å². The number of aryl methyl sites for hydroxylation is 1. The number of benzene rings is 2. The lowest BCUT2D eigenvalue weighted by Gasteiger charge is -2.08.